The third-order valence-corrected chi connectivity index (χ3v) is 7.99. The second-order valence-corrected chi connectivity index (χ2v) is 11.1. The first-order chi connectivity index (χ1) is 21.8. The van der Waals surface area contributed by atoms with Gasteiger partial charge in [-0.2, -0.15) is 0 Å². The van der Waals surface area contributed by atoms with Gasteiger partial charge in [0.25, 0.3) is 11.1 Å². The molecule has 3 heterocycles. The summed E-state index contributed by atoms with van der Waals surface area (Å²) < 4.78 is 14.7. The Morgan fingerprint density at radius 1 is 0.822 bits per heavy atom. The highest BCUT2D eigenvalue weighted by atomic mass is 35.5. The molecule has 45 heavy (non-hydrogen) atoms. The lowest BCUT2D eigenvalue weighted by Gasteiger charge is -2.13. The van der Waals surface area contributed by atoms with Crippen molar-refractivity contribution in [1.29, 1.82) is 0 Å². The SMILES string of the molecule is CCCOC(=O)c1cc(-c2ccc(C(c3c(C)[nH]n(-c4ccccc4)c3=O)c3c(C)[nH]n(-c4ccccc4)c3=O)o2)ccc1Cl. The Hall–Kier alpha value is -5.28. The predicted molar refractivity (Wildman–Crippen MR) is 173 cm³/mol. The number of nitrogens with zero attached hydrogens (tertiary/aromatic N) is 2. The topological polar surface area (TPSA) is 115 Å². The fraction of sp³-hybridized carbons (Fsp3) is 0.171. The van der Waals surface area contributed by atoms with Crippen LogP contribution in [0.5, 0.6) is 0 Å². The van der Waals surface area contributed by atoms with Crippen molar-refractivity contribution >= 4 is 17.6 Å². The molecule has 3 aromatic carbocycles. The Balaban J connectivity index is 1.52. The van der Waals surface area contributed by atoms with Crippen LogP contribution in [0.1, 0.15) is 57.9 Å². The number of benzene rings is 3. The third-order valence-electron chi connectivity index (χ3n) is 7.66. The summed E-state index contributed by atoms with van der Waals surface area (Å²) in [5, 5.41) is 6.63. The van der Waals surface area contributed by atoms with Crippen molar-refractivity contribution in [3.8, 4) is 22.7 Å². The molecule has 0 atom stereocenters. The van der Waals surface area contributed by atoms with Crippen LogP contribution in [-0.2, 0) is 4.74 Å². The Morgan fingerprint density at radius 2 is 1.38 bits per heavy atom. The number of ether oxygens (including phenoxy) is 1. The summed E-state index contributed by atoms with van der Waals surface area (Å²) in [4.78, 5) is 40.9. The van der Waals surface area contributed by atoms with E-state index in [2.05, 4.69) is 10.2 Å². The highest BCUT2D eigenvalue weighted by Crippen LogP contribution is 2.36. The van der Waals surface area contributed by atoms with Crippen molar-refractivity contribution in [1.82, 2.24) is 19.6 Å². The minimum Gasteiger partial charge on any atom is -0.462 e. The van der Waals surface area contributed by atoms with Gasteiger partial charge in [-0.25, -0.2) is 14.2 Å². The number of aromatic amines is 2. The summed E-state index contributed by atoms with van der Waals surface area (Å²) in [5.41, 5.74) is 3.44. The summed E-state index contributed by atoms with van der Waals surface area (Å²) in [6.45, 7) is 5.79. The van der Waals surface area contributed by atoms with Crippen LogP contribution < -0.4 is 11.1 Å². The first-order valence-electron chi connectivity index (χ1n) is 14.6. The molecule has 0 amide bonds. The van der Waals surface area contributed by atoms with Gasteiger partial charge in [0.15, 0.2) is 0 Å². The van der Waals surface area contributed by atoms with Gasteiger partial charge in [-0.15, -0.1) is 0 Å². The Labute approximate surface area is 263 Å². The molecule has 9 nitrogen and oxygen atoms in total. The van der Waals surface area contributed by atoms with E-state index >= 15 is 0 Å². The predicted octanol–water partition coefficient (Wildman–Crippen LogP) is 6.92. The zero-order valence-corrected chi connectivity index (χ0v) is 25.7. The molecule has 0 saturated carbocycles. The number of nitrogens with one attached hydrogen (secondary N) is 2. The van der Waals surface area contributed by atoms with E-state index in [4.69, 9.17) is 20.8 Å². The van der Waals surface area contributed by atoms with E-state index in [1.54, 1.807) is 44.2 Å². The van der Waals surface area contributed by atoms with Crippen molar-refractivity contribution in [2.75, 3.05) is 6.61 Å². The average Bonchev–Trinajstić information content (AvgIpc) is 3.74. The molecule has 3 aromatic heterocycles. The Morgan fingerprint density at radius 3 is 1.91 bits per heavy atom. The van der Waals surface area contributed by atoms with E-state index in [1.807, 2.05) is 67.6 Å². The van der Waals surface area contributed by atoms with Gasteiger partial charge in [0.05, 0.1) is 45.6 Å². The molecular formula is C35H31ClN4O5. The van der Waals surface area contributed by atoms with E-state index in [0.717, 1.165) is 0 Å². The average molecular weight is 623 g/mol. The van der Waals surface area contributed by atoms with Crippen LogP contribution in [-0.4, -0.2) is 32.1 Å². The molecule has 0 radical (unpaired) electrons. The molecule has 2 N–H and O–H groups in total. The largest absolute Gasteiger partial charge is 0.462 e. The van der Waals surface area contributed by atoms with Gasteiger partial charge < -0.3 is 9.15 Å². The maximum Gasteiger partial charge on any atom is 0.339 e. The smallest absolute Gasteiger partial charge is 0.339 e. The maximum atomic E-state index is 14.1. The third kappa shape index (κ3) is 5.58. The van der Waals surface area contributed by atoms with E-state index < -0.39 is 11.9 Å². The zero-order chi connectivity index (χ0) is 31.7. The first-order valence-corrected chi connectivity index (χ1v) is 15.0. The molecule has 0 bridgehead atoms. The number of carbonyl (C=O) groups excluding carboxylic acids is 1. The van der Waals surface area contributed by atoms with Crippen molar-refractivity contribution in [2.45, 2.75) is 33.1 Å². The molecule has 6 rings (SSSR count). The molecule has 10 heteroatoms. The van der Waals surface area contributed by atoms with Crippen LogP contribution in [0.25, 0.3) is 22.7 Å². The molecule has 0 aliphatic carbocycles. The number of rotatable bonds is 9. The Kier molecular flexibility index (Phi) is 8.19. The normalized spacial score (nSPS) is 11.3. The van der Waals surface area contributed by atoms with Gasteiger partial charge in [0.1, 0.15) is 11.5 Å². The number of hydrogen-bond acceptors (Lipinski definition) is 5. The fourth-order valence-corrected chi connectivity index (χ4v) is 5.71. The summed E-state index contributed by atoms with van der Waals surface area (Å²) in [6, 6.07) is 26.9. The van der Waals surface area contributed by atoms with Gasteiger partial charge in [-0.3, -0.25) is 19.8 Å². The first kappa shape index (κ1) is 29.8. The minimum atomic E-state index is -0.859. The van der Waals surface area contributed by atoms with Crippen LogP contribution in [0.3, 0.4) is 0 Å². The van der Waals surface area contributed by atoms with Gasteiger partial charge in [0, 0.05) is 17.0 Å². The molecule has 228 valence electrons. The van der Waals surface area contributed by atoms with E-state index in [-0.39, 0.29) is 28.3 Å². The number of para-hydroxylation sites is 2. The number of H-pyrrole nitrogens is 2. The molecule has 0 fully saturated rings. The number of aryl methyl sites for hydroxylation is 2. The minimum absolute atomic E-state index is 0.219. The van der Waals surface area contributed by atoms with Crippen LogP contribution >= 0.6 is 11.6 Å². The lowest BCUT2D eigenvalue weighted by atomic mass is 9.89. The molecule has 0 aliphatic heterocycles. The number of halogens is 1. The van der Waals surface area contributed by atoms with Crippen molar-refractivity contribution in [3.05, 3.63) is 151 Å². The molecule has 0 spiro atoms. The highest BCUT2D eigenvalue weighted by Gasteiger charge is 2.33. The number of hydrogen-bond donors (Lipinski definition) is 2. The summed E-state index contributed by atoms with van der Waals surface area (Å²) in [7, 11) is 0. The van der Waals surface area contributed by atoms with Crippen molar-refractivity contribution in [2.24, 2.45) is 0 Å². The standard InChI is InChI=1S/C35H31ClN4O5/c1-4-19-44-35(43)26-20-23(15-16-27(26)36)28-17-18-29(45-28)32(30-21(2)37-39(33(30)41)24-11-7-5-8-12-24)31-22(3)38-40(34(31)42)25-13-9-6-10-14-25/h5-18,20,32,37-38H,4,19H2,1-3H3. The zero-order valence-electron chi connectivity index (χ0n) is 25.0. The van der Waals surface area contributed by atoms with Crippen molar-refractivity contribution < 1.29 is 13.9 Å². The van der Waals surface area contributed by atoms with Crippen LogP contribution in [0, 0.1) is 13.8 Å². The molecule has 0 saturated heterocycles. The van der Waals surface area contributed by atoms with Gasteiger partial charge >= 0.3 is 5.97 Å². The summed E-state index contributed by atoms with van der Waals surface area (Å²) in [5.74, 6) is -0.567. The van der Waals surface area contributed by atoms with E-state index in [9.17, 15) is 14.4 Å². The van der Waals surface area contributed by atoms with Crippen molar-refractivity contribution in [3.63, 3.8) is 0 Å². The summed E-state index contributed by atoms with van der Waals surface area (Å²) >= 11 is 6.34. The number of furan rings is 1. The molecule has 0 aliphatic rings. The van der Waals surface area contributed by atoms with Crippen LogP contribution in [0.4, 0.5) is 0 Å². The molecule has 6 aromatic rings. The fourth-order valence-electron chi connectivity index (χ4n) is 5.52. The highest BCUT2D eigenvalue weighted by molar-refractivity contribution is 6.33. The monoisotopic (exact) mass is 622 g/mol. The van der Waals surface area contributed by atoms with Crippen LogP contribution in [0.15, 0.2) is 105 Å². The lowest BCUT2D eigenvalue weighted by molar-refractivity contribution is 0.0505. The maximum absolute atomic E-state index is 14.1. The van der Waals surface area contributed by atoms with Crippen LogP contribution in [0.2, 0.25) is 5.02 Å². The second kappa shape index (κ2) is 12.4. The quantitative estimate of drug-likeness (QED) is 0.170. The number of esters is 1. The van der Waals surface area contributed by atoms with Gasteiger partial charge in [-0.05, 0) is 74.9 Å². The van der Waals surface area contributed by atoms with E-state index in [0.29, 0.717) is 57.4 Å². The summed E-state index contributed by atoms with van der Waals surface area (Å²) in [6.07, 6.45) is 0.682. The van der Waals surface area contributed by atoms with E-state index in [1.165, 1.54) is 9.36 Å². The molecule has 0 unspecified atom stereocenters. The Bertz CT molecular complexity index is 2000. The number of carbonyl (C=O) groups is 1. The number of aromatic nitrogens is 4. The van der Waals surface area contributed by atoms with Gasteiger partial charge in [0.2, 0.25) is 0 Å². The second-order valence-electron chi connectivity index (χ2n) is 10.7. The molecular weight excluding hydrogens is 592 g/mol. The van der Waals surface area contributed by atoms with Gasteiger partial charge in [-0.1, -0.05) is 54.9 Å². The lowest BCUT2D eigenvalue weighted by Crippen LogP contribution is -2.25.